The normalized spacial score (nSPS) is 17.9. The molecule has 1 aliphatic carbocycles. The third kappa shape index (κ3) is 5.05. The number of carbonyl (C=O) groups excluding carboxylic acids is 1. The van der Waals surface area contributed by atoms with Crippen LogP contribution in [0.25, 0.3) is 11.0 Å². The lowest BCUT2D eigenvalue weighted by Crippen LogP contribution is -2.42. The smallest absolute Gasteiger partial charge is 0.340 e. The van der Waals surface area contributed by atoms with E-state index in [-0.39, 0.29) is 17.6 Å². The molecule has 0 bridgehead atoms. The summed E-state index contributed by atoms with van der Waals surface area (Å²) in [6, 6.07) is 2.86. The lowest BCUT2D eigenvalue weighted by molar-refractivity contribution is -0.141. The molecule has 33 heavy (non-hydrogen) atoms. The van der Waals surface area contributed by atoms with Gasteiger partial charge in [0.05, 0.1) is 12.0 Å². The Hall–Kier alpha value is -2.48. The van der Waals surface area contributed by atoms with Crippen LogP contribution in [-0.4, -0.2) is 40.6 Å². The third-order valence-corrected chi connectivity index (χ3v) is 7.63. The maximum atomic E-state index is 12.7. The fourth-order valence-corrected chi connectivity index (χ4v) is 5.52. The van der Waals surface area contributed by atoms with Gasteiger partial charge in [-0.3, -0.25) is 4.79 Å². The summed E-state index contributed by atoms with van der Waals surface area (Å²) >= 11 is 1.51. The number of benzene rings is 1. The van der Waals surface area contributed by atoms with E-state index in [1.165, 1.54) is 31.0 Å². The number of nitrogens with one attached hydrogen (secondary N) is 1. The van der Waals surface area contributed by atoms with Gasteiger partial charge in [0.25, 0.3) is 0 Å². The third-order valence-electron chi connectivity index (χ3n) is 6.99. The standard InChI is InChI=1S/C25H31NO6S/c1-15-17-12-16-6-10-25(8-4-3-5-9-25)32-20(16)14-21(17)31-24(30)18(15)13-22(27)26-19(23(28)29)7-11-33-2/h12,14,19H,3-11,13H2,1-2H3,(H,26,27)(H,28,29). The van der Waals surface area contributed by atoms with Gasteiger partial charge in [-0.05, 0) is 81.1 Å². The number of carbonyl (C=O) groups is 2. The molecule has 4 rings (SSSR count). The summed E-state index contributed by atoms with van der Waals surface area (Å²) in [7, 11) is 0. The highest BCUT2D eigenvalue weighted by Crippen LogP contribution is 2.43. The van der Waals surface area contributed by atoms with E-state index in [0.717, 1.165) is 42.4 Å². The Kier molecular flexibility index (Phi) is 7.02. The number of rotatable bonds is 7. The second-order valence-electron chi connectivity index (χ2n) is 9.21. The molecule has 8 heteroatoms. The average molecular weight is 474 g/mol. The molecule has 1 amide bonds. The molecular formula is C25H31NO6S. The molecule has 1 unspecified atom stereocenters. The van der Waals surface area contributed by atoms with Crippen molar-refractivity contribution in [2.45, 2.75) is 76.4 Å². The molecular weight excluding hydrogens is 442 g/mol. The monoisotopic (exact) mass is 473 g/mol. The van der Waals surface area contributed by atoms with Crippen molar-refractivity contribution in [3.05, 3.63) is 39.2 Å². The van der Waals surface area contributed by atoms with Crippen LogP contribution < -0.4 is 15.7 Å². The van der Waals surface area contributed by atoms with Gasteiger partial charge in [-0.25, -0.2) is 9.59 Å². The van der Waals surface area contributed by atoms with Crippen LogP contribution in [0.5, 0.6) is 5.75 Å². The molecule has 2 aliphatic rings. The fourth-order valence-electron chi connectivity index (χ4n) is 5.05. The predicted molar refractivity (Wildman–Crippen MR) is 128 cm³/mol. The summed E-state index contributed by atoms with van der Waals surface area (Å²) in [4.78, 5) is 36.7. The number of ether oxygens (including phenoxy) is 1. The van der Waals surface area contributed by atoms with Crippen molar-refractivity contribution in [1.29, 1.82) is 0 Å². The molecule has 1 saturated carbocycles. The second kappa shape index (κ2) is 9.79. The van der Waals surface area contributed by atoms with Gasteiger partial charge in [0.15, 0.2) is 0 Å². The SMILES string of the molecule is CSCCC(NC(=O)Cc1c(C)c2cc3c(cc2oc1=O)OC1(CCCCC1)CC3)C(=O)O. The highest BCUT2D eigenvalue weighted by molar-refractivity contribution is 7.98. The zero-order chi connectivity index (χ0) is 23.6. The van der Waals surface area contributed by atoms with Crippen LogP contribution >= 0.6 is 11.8 Å². The van der Waals surface area contributed by atoms with E-state index in [9.17, 15) is 19.5 Å². The molecule has 1 aromatic heterocycles. The predicted octanol–water partition coefficient (Wildman–Crippen LogP) is 3.99. The van der Waals surface area contributed by atoms with E-state index in [1.807, 2.05) is 25.3 Å². The molecule has 1 aromatic carbocycles. The number of aryl methyl sites for hydroxylation is 2. The number of fused-ring (bicyclic) bond motifs is 2. The van der Waals surface area contributed by atoms with Crippen molar-refractivity contribution in [1.82, 2.24) is 5.32 Å². The van der Waals surface area contributed by atoms with Crippen molar-refractivity contribution >= 4 is 34.6 Å². The zero-order valence-electron chi connectivity index (χ0n) is 19.2. The molecule has 0 radical (unpaired) electrons. The highest BCUT2D eigenvalue weighted by Gasteiger charge is 2.37. The Balaban J connectivity index is 1.58. The summed E-state index contributed by atoms with van der Waals surface area (Å²) in [5.41, 5.74) is 1.83. The van der Waals surface area contributed by atoms with Crippen LogP contribution in [0.15, 0.2) is 21.3 Å². The molecule has 2 heterocycles. The molecule has 1 aliphatic heterocycles. The summed E-state index contributed by atoms with van der Waals surface area (Å²) < 4.78 is 12.1. The first-order valence-corrected chi connectivity index (χ1v) is 13.0. The minimum Gasteiger partial charge on any atom is -0.487 e. The van der Waals surface area contributed by atoms with Crippen molar-refractivity contribution in [2.24, 2.45) is 0 Å². The molecule has 178 valence electrons. The van der Waals surface area contributed by atoms with Crippen LogP contribution in [0.1, 0.15) is 61.6 Å². The first kappa shape index (κ1) is 23.7. The number of carboxylic acids is 1. The lowest BCUT2D eigenvalue weighted by atomic mass is 9.79. The molecule has 0 saturated heterocycles. The maximum absolute atomic E-state index is 12.7. The number of hydrogen-bond donors (Lipinski definition) is 2. The molecule has 1 fully saturated rings. The largest absolute Gasteiger partial charge is 0.487 e. The van der Waals surface area contributed by atoms with Crippen molar-refractivity contribution in [3.8, 4) is 5.75 Å². The van der Waals surface area contributed by atoms with E-state index in [4.69, 9.17) is 9.15 Å². The van der Waals surface area contributed by atoms with Crippen molar-refractivity contribution in [2.75, 3.05) is 12.0 Å². The quantitative estimate of drug-likeness (QED) is 0.586. The highest BCUT2D eigenvalue weighted by atomic mass is 32.2. The first-order valence-electron chi connectivity index (χ1n) is 11.6. The van der Waals surface area contributed by atoms with Gasteiger partial charge in [-0.15, -0.1) is 0 Å². The Bertz CT molecular complexity index is 1120. The van der Waals surface area contributed by atoms with Crippen LogP contribution in [0.2, 0.25) is 0 Å². The van der Waals surface area contributed by atoms with Gasteiger partial charge >= 0.3 is 11.6 Å². The minimum atomic E-state index is -1.08. The van der Waals surface area contributed by atoms with E-state index in [2.05, 4.69) is 5.32 Å². The van der Waals surface area contributed by atoms with Crippen LogP contribution in [0, 0.1) is 6.92 Å². The molecule has 1 spiro atoms. The number of carboxylic acid groups (broad SMARTS) is 1. The van der Waals surface area contributed by atoms with Gasteiger partial charge in [0, 0.05) is 11.5 Å². The number of hydrogen-bond acceptors (Lipinski definition) is 6. The fraction of sp³-hybridized carbons (Fsp3) is 0.560. The van der Waals surface area contributed by atoms with Crippen LogP contribution in [0.3, 0.4) is 0 Å². The first-order chi connectivity index (χ1) is 15.8. The summed E-state index contributed by atoms with van der Waals surface area (Å²) in [6.07, 6.45) is 9.63. The average Bonchev–Trinajstić information content (AvgIpc) is 2.79. The molecule has 2 aromatic rings. The van der Waals surface area contributed by atoms with E-state index in [1.54, 1.807) is 0 Å². The van der Waals surface area contributed by atoms with Crippen molar-refractivity contribution in [3.63, 3.8) is 0 Å². The number of amides is 1. The Morgan fingerprint density at radius 3 is 2.67 bits per heavy atom. The molecule has 1 atom stereocenters. The summed E-state index contributed by atoms with van der Waals surface area (Å²) in [5, 5.41) is 12.7. The number of thioether (sulfide) groups is 1. The minimum absolute atomic E-state index is 0.0940. The maximum Gasteiger partial charge on any atom is 0.340 e. The molecule has 7 nitrogen and oxygen atoms in total. The van der Waals surface area contributed by atoms with Crippen LogP contribution in [0.4, 0.5) is 0 Å². The Morgan fingerprint density at radius 1 is 1.21 bits per heavy atom. The van der Waals surface area contributed by atoms with Crippen LogP contribution in [-0.2, 0) is 22.4 Å². The van der Waals surface area contributed by atoms with Gasteiger partial charge in [0.2, 0.25) is 5.91 Å². The topological polar surface area (TPSA) is 106 Å². The second-order valence-corrected chi connectivity index (χ2v) is 10.2. The van der Waals surface area contributed by atoms with Gasteiger partial charge in [-0.1, -0.05) is 6.42 Å². The Labute approximate surface area is 197 Å². The van der Waals surface area contributed by atoms with Gasteiger partial charge < -0.3 is 19.6 Å². The van der Waals surface area contributed by atoms with Gasteiger partial charge in [0.1, 0.15) is 23.0 Å². The zero-order valence-corrected chi connectivity index (χ0v) is 20.0. The lowest BCUT2D eigenvalue weighted by Gasteiger charge is -2.41. The van der Waals surface area contributed by atoms with Crippen molar-refractivity contribution < 1.29 is 23.8 Å². The molecule has 2 N–H and O–H groups in total. The van der Waals surface area contributed by atoms with E-state index in [0.29, 0.717) is 23.3 Å². The summed E-state index contributed by atoms with van der Waals surface area (Å²) in [6.45, 7) is 1.81. The Morgan fingerprint density at radius 2 is 1.97 bits per heavy atom. The summed E-state index contributed by atoms with van der Waals surface area (Å²) in [5.74, 6) is -0.175. The number of aliphatic carboxylic acids is 1. The van der Waals surface area contributed by atoms with E-state index < -0.39 is 23.5 Å². The van der Waals surface area contributed by atoms with Gasteiger partial charge in [-0.2, -0.15) is 11.8 Å². The van der Waals surface area contributed by atoms with E-state index >= 15 is 0 Å².